The standard InChI is InChI=1S/C17H28N2S/c1-5-16(18-6-2)15-9-7-8-10-17(15)19-11-12-20-14(4)13(19)3/h7-10,13-14,16,18H,5-6,11-12H2,1-4H3. The summed E-state index contributed by atoms with van der Waals surface area (Å²) in [5.74, 6) is 1.23. The summed E-state index contributed by atoms with van der Waals surface area (Å²) in [6.07, 6.45) is 1.14. The summed E-state index contributed by atoms with van der Waals surface area (Å²) in [4.78, 5) is 2.61. The Morgan fingerprint density at radius 1 is 1.30 bits per heavy atom. The van der Waals surface area contributed by atoms with Gasteiger partial charge in [-0.15, -0.1) is 0 Å². The maximum Gasteiger partial charge on any atom is 0.0417 e. The van der Waals surface area contributed by atoms with Crippen LogP contribution in [0.3, 0.4) is 0 Å². The van der Waals surface area contributed by atoms with Gasteiger partial charge in [-0.2, -0.15) is 11.8 Å². The second-order valence-electron chi connectivity index (χ2n) is 5.59. The minimum absolute atomic E-state index is 0.466. The van der Waals surface area contributed by atoms with Crippen LogP contribution >= 0.6 is 11.8 Å². The van der Waals surface area contributed by atoms with Gasteiger partial charge < -0.3 is 10.2 Å². The third-order valence-corrected chi connectivity index (χ3v) is 5.70. The van der Waals surface area contributed by atoms with Gasteiger partial charge in [-0.3, -0.25) is 0 Å². The zero-order valence-electron chi connectivity index (χ0n) is 13.2. The molecule has 2 nitrogen and oxygen atoms in total. The van der Waals surface area contributed by atoms with E-state index in [1.165, 1.54) is 17.0 Å². The Labute approximate surface area is 128 Å². The van der Waals surface area contributed by atoms with E-state index in [0.29, 0.717) is 17.3 Å². The molecule has 1 saturated heterocycles. The minimum atomic E-state index is 0.466. The molecular formula is C17H28N2S. The number of rotatable bonds is 5. The zero-order valence-corrected chi connectivity index (χ0v) is 14.0. The van der Waals surface area contributed by atoms with Crippen LogP contribution in [0.2, 0.25) is 0 Å². The van der Waals surface area contributed by atoms with Gasteiger partial charge in [-0.1, -0.05) is 39.0 Å². The molecule has 0 aliphatic carbocycles. The molecule has 2 rings (SSSR count). The molecule has 0 bridgehead atoms. The van der Waals surface area contributed by atoms with Crippen molar-refractivity contribution in [2.45, 2.75) is 51.4 Å². The molecule has 112 valence electrons. The van der Waals surface area contributed by atoms with E-state index in [2.05, 4.69) is 73.9 Å². The molecular weight excluding hydrogens is 264 g/mol. The monoisotopic (exact) mass is 292 g/mol. The topological polar surface area (TPSA) is 15.3 Å². The molecule has 1 heterocycles. The van der Waals surface area contributed by atoms with Crippen LogP contribution in [0.25, 0.3) is 0 Å². The van der Waals surface area contributed by atoms with E-state index in [0.717, 1.165) is 19.5 Å². The summed E-state index contributed by atoms with van der Waals surface area (Å²) in [6.45, 7) is 11.4. The van der Waals surface area contributed by atoms with Gasteiger partial charge in [0.05, 0.1) is 0 Å². The number of para-hydroxylation sites is 1. The molecule has 0 radical (unpaired) electrons. The number of hydrogen-bond acceptors (Lipinski definition) is 3. The number of thioether (sulfide) groups is 1. The van der Waals surface area contributed by atoms with Gasteiger partial charge in [0.25, 0.3) is 0 Å². The second kappa shape index (κ2) is 7.37. The van der Waals surface area contributed by atoms with Crippen molar-refractivity contribution in [3.05, 3.63) is 29.8 Å². The molecule has 1 aromatic carbocycles. The maximum absolute atomic E-state index is 3.62. The number of nitrogens with one attached hydrogen (secondary N) is 1. The SMILES string of the molecule is CCNC(CC)c1ccccc1N1CCSC(C)C1C. The Bertz CT molecular complexity index is 421. The highest BCUT2D eigenvalue weighted by Gasteiger charge is 2.27. The van der Waals surface area contributed by atoms with E-state index in [4.69, 9.17) is 0 Å². The lowest BCUT2D eigenvalue weighted by atomic mass is 10.00. The third-order valence-electron chi connectivity index (χ3n) is 4.36. The van der Waals surface area contributed by atoms with Crippen LogP contribution in [-0.4, -0.2) is 30.1 Å². The number of benzene rings is 1. The third kappa shape index (κ3) is 3.32. The number of nitrogens with zero attached hydrogens (tertiary/aromatic N) is 1. The highest BCUT2D eigenvalue weighted by Crippen LogP contribution is 2.34. The largest absolute Gasteiger partial charge is 0.367 e. The minimum Gasteiger partial charge on any atom is -0.367 e. The van der Waals surface area contributed by atoms with Crippen LogP contribution in [0.15, 0.2) is 24.3 Å². The van der Waals surface area contributed by atoms with E-state index in [9.17, 15) is 0 Å². The number of hydrogen-bond donors (Lipinski definition) is 1. The van der Waals surface area contributed by atoms with Crippen molar-refractivity contribution in [1.82, 2.24) is 5.32 Å². The van der Waals surface area contributed by atoms with Crippen LogP contribution in [-0.2, 0) is 0 Å². The van der Waals surface area contributed by atoms with Gasteiger partial charge in [-0.25, -0.2) is 0 Å². The van der Waals surface area contributed by atoms with Crippen LogP contribution in [0, 0.1) is 0 Å². The van der Waals surface area contributed by atoms with E-state index in [-0.39, 0.29) is 0 Å². The normalized spacial score (nSPS) is 24.7. The summed E-state index contributed by atoms with van der Waals surface area (Å²) in [5.41, 5.74) is 2.89. The Balaban J connectivity index is 2.31. The van der Waals surface area contributed by atoms with Crippen molar-refractivity contribution < 1.29 is 0 Å². The first kappa shape index (κ1) is 15.7. The fourth-order valence-electron chi connectivity index (χ4n) is 3.04. The van der Waals surface area contributed by atoms with E-state index in [1.807, 2.05) is 0 Å². The van der Waals surface area contributed by atoms with Gasteiger partial charge in [-0.05, 0) is 31.5 Å². The molecule has 1 aliphatic heterocycles. The maximum atomic E-state index is 3.62. The van der Waals surface area contributed by atoms with Crippen LogP contribution in [0.1, 0.15) is 45.7 Å². The first-order valence-electron chi connectivity index (χ1n) is 7.89. The molecule has 1 fully saturated rings. The summed E-state index contributed by atoms with van der Waals surface area (Å²) in [7, 11) is 0. The van der Waals surface area contributed by atoms with Gasteiger partial charge in [0.2, 0.25) is 0 Å². The van der Waals surface area contributed by atoms with E-state index in [1.54, 1.807) is 0 Å². The quantitative estimate of drug-likeness (QED) is 0.880. The van der Waals surface area contributed by atoms with Crippen LogP contribution in [0.4, 0.5) is 5.69 Å². The van der Waals surface area contributed by atoms with Crippen molar-refractivity contribution in [3.63, 3.8) is 0 Å². The molecule has 3 atom stereocenters. The highest BCUT2D eigenvalue weighted by atomic mass is 32.2. The van der Waals surface area contributed by atoms with Gasteiger partial charge >= 0.3 is 0 Å². The Hall–Kier alpha value is -0.670. The van der Waals surface area contributed by atoms with Crippen molar-refractivity contribution in [3.8, 4) is 0 Å². The summed E-state index contributed by atoms with van der Waals surface area (Å²) in [5, 5.41) is 4.33. The summed E-state index contributed by atoms with van der Waals surface area (Å²) in [6, 6.07) is 10.0. The molecule has 1 aliphatic rings. The van der Waals surface area contributed by atoms with Crippen LogP contribution in [0.5, 0.6) is 0 Å². The molecule has 20 heavy (non-hydrogen) atoms. The lowest BCUT2D eigenvalue weighted by Crippen LogP contribution is -2.45. The molecule has 0 aromatic heterocycles. The molecule has 0 amide bonds. The van der Waals surface area contributed by atoms with Crippen LogP contribution < -0.4 is 10.2 Å². The summed E-state index contributed by atoms with van der Waals surface area (Å²) < 4.78 is 0. The smallest absolute Gasteiger partial charge is 0.0417 e. The molecule has 3 heteroatoms. The Morgan fingerprint density at radius 3 is 2.75 bits per heavy atom. The average molecular weight is 292 g/mol. The molecule has 0 spiro atoms. The predicted molar refractivity (Wildman–Crippen MR) is 91.9 cm³/mol. The average Bonchev–Trinajstić information content (AvgIpc) is 2.48. The van der Waals surface area contributed by atoms with Crippen molar-refractivity contribution in [2.24, 2.45) is 0 Å². The molecule has 0 saturated carbocycles. The molecule has 1 aromatic rings. The number of anilines is 1. The van der Waals surface area contributed by atoms with Crippen molar-refractivity contribution >= 4 is 17.4 Å². The van der Waals surface area contributed by atoms with Gasteiger partial charge in [0, 0.05) is 35.3 Å². The van der Waals surface area contributed by atoms with Gasteiger partial charge in [0.1, 0.15) is 0 Å². The first-order valence-corrected chi connectivity index (χ1v) is 8.94. The zero-order chi connectivity index (χ0) is 14.5. The molecule has 1 N–H and O–H groups in total. The lowest BCUT2D eigenvalue weighted by molar-refractivity contribution is 0.532. The van der Waals surface area contributed by atoms with Crippen molar-refractivity contribution in [1.29, 1.82) is 0 Å². The lowest BCUT2D eigenvalue weighted by Gasteiger charge is -2.41. The fourth-order valence-corrected chi connectivity index (χ4v) is 4.14. The van der Waals surface area contributed by atoms with Crippen molar-refractivity contribution in [2.75, 3.05) is 23.7 Å². The first-order chi connectivity index (χ1) is 9.69. The Kier molecular flexibility index (Phi) is 5.79. The van der Waals surface area contributed by atoms with E-state index >= 15 is 0 Å². The predicted octanol–water partition coefficient (Wildman–Crippen LogP) is 4.08. The summed E-state index contributed by atoms with van der Waals surface area (Å²) >= 11 is 2.10. The van der Waals surface area contributed by atoms with E-state index < -0.39 is 0 Å². The highest BCUT2D eigenvalue weighted by molar-refractivity contribution is 8.00. The second-order valence-corrected chi connectivity index (χ2v) is 7.07. The molecule has 3 unspecified atom stereocenters. The van der Waals surface area contributed by atoms with Gasteiger partial charge in [0.15, 0.2) is 0 Å². The fraction of sp³-hybridized carbons (Fsp3) is 0.647. The Morgan fingerprint density at radius 2 is 2.05 bits per heavy atom.